The van der Waals surface area contributed by atoms with Crippen LogP contribution in [0.4, 0.5) is 4.79 Å². The van der Waals surface area contributed by atoms with Gasteiger partial charge >= 0.3 is 12.1 Å². The molecule has 1 fully saturated rings. The Bertz CT molecular complexity index is 637. The van der Waals surface area contributed by atoms with Crippen LogP contribution in [0.15, 0.2) is 0 Å². The first-order chi connectivity index (χ1) is 13.4. The molecule has 0 aromatic carbocycles. The number of piperidine rings is 1. The summed E-state index contributed by atoms with van der Waals surface area (Å²) in [6.45, 7) is 6.64. The number of nitrogens with one attached hydrogen (secondary N) is 3. The Labute approximate surface area is 169 Å². The van der Waals surface area contributed by atoms with E-state index in [1.165, 1.54) is 0 Å². The Hall–Kier alpha value is -2.85. The molecule has 1 atom stereocenters. The van der Waals surface area contributed by atoms with Gasteiger partial charge < -0.3 is 30.7 Å². The topological polar surface area (TPSA) is 154 Å². The van der Waals surface area contributed by atoms with Crippen molar-refractivity contribution in [3.8, 4) is 0 Å². The number of carboxylic acids is 1. The first kappa shape index (κ1) is 24.2. The molecule has 0 radical (unpaired) electrons. The molecule has 0 aromatic rings. The Morgan fingerprint density at radius 1 is 1.07 bits per heavy atom. The van der Waals surface area contributed by atoms with Crippen LogP contribution in [0.25, 0.3) is 0 Å². The molecule has 29 heavy (non-hydrogen) atoms. The Balaban J connectivity index is 2.38. The lowest BCUT2D eigenvalue weighted by atomic mass is 9.95. The van der Waals surface area contributed by atoms with Crippen LogP contribution < -0.4 is 16.0 Å². The highest BCUT2D eigenvalue weighted by Gasteiger charge is 2.30. The van der Waals surface area contributed by atoms with Gasteiger partial charge in [0.1, 0.15) is 18.2 Å². The number of nitrogens with zero attached hydrogens (tertiary/aromatic N) is 1. The zero-order valence-electron chi connectivity index (χ0n) is 17.2. The fraction of sp³-hybridized carbons (Fsp3) is 0.722. The van der Waals surface area contributed by atoms with Gasteiger partial charge in [-0.3, -0.25) is 19.2 Å². The van der Waals surface area contributed by atoms with E-state index in [4.69, 9.17) is 9.84 Å². The molecule has 11 heteroatoms. The predicted octanol–water partition coefficient (Wildman–Crippen LogP) is -0.545. The summed E-state index contributed by atoms with van der Waals surface area (Å²) in [6.07, 6.45) is 0.176. The average molecular weight is 414 g/mol. The molecular weight excluding hydrogens is 384 g/mol. The van der Waals surface area contributed by atoms with E-state index >= 15 is 0 Å². The van der Waals surface area contributed by atoms with Crippen LogP contribution in [0.1, 0.15) is 40.5 Å². The van der Waals surface area contributed by atoms with E-state index in [-0.39, 0.29) is 24.3 Å². The highest BCUT2D eigenvalue weighted by molar-refractivity contribution is 5.88. The first-order valence-corrected chi connectivity index (χ1v) is 9.43. The van der Waals surface area contributed by atoms with E-state index in [0.717, 1.165) is 0 Å². The number of alkyl carbamates (subject to hydrolysis) is 1. The zero-order chi connectivity index (χ0) is 22.2. The lowest BCUT2D eigenvalue weighted by molar-refractivity contribution is -0.138. The van der Waals surface area contributed by atoms with Crippen molar-refractivity contribution < 1.29 is 33.8 Å². The van der Waals surface area contributed by atoms with Crippen molar-refractivity contribution in [2.75, 3.05) is 26.2 Å². The van der Waals surface area contributed by atoms with Crippen LogP contribution in [0.5, 0.6) is 0 Å². The van der Waals surface area contributed by atoms with Gasteiger partial charge in [-0.25, -0.2) is 4.79 Å². The number of hydrogen-bond acceptors (Lipinski definition) is 6. The molecule has 164 valence electrons. The number of hydrogen-bond donors (Lipinski definition) is 4. The molecule has 1 saturated heterocycles. The van der Waals surface area contributed by atoms with Crippen molar-refractivity contribution in [3.63, 3.8) is 0 Å². The normalized spacial score (nSPS) is 15.8. The number of carboxylic acid groups (broad SMARTS) is 1. The number of carbonyl (C=O) groups excluding carboxylic acids is 4. The third kappa shape index (κ3) is 9.26. The fourth-order valence-corrected chi connectivity index (χ4v) is 2.73. The van der Waals surface area contributed by atoms with Crippen molar-refractivity contribution >= 4 is 29.8 Å². The van der Waals surface area contributed by atoms with Crippen molar-refractivity contribution in [3.05, 3.63) is 0 Å². The van der Waals surface area contributed by atoms with Crippen LogP contribution in [-0.2, 0) is 23.9 Å². The van der Waals surface area contributed by atoms with Crippen LogP contribution in [0.3, 0.4) is 0 Å². The zero-order valence-corrected chi connectivity index (χ0v) is 17.2. The Morgan fingerprint density at radius 2 is 1.66 bits per heavy atom. The van der Waals surface area contributed by atoms with Gasteiger partial charge in [-0.2, -0.15) is 0 Å². The quantitative estimate of drug-likeness (QED) is 0.436. The van der Waals surface area contributed by atoms with E-state index in [1.807, 2.05) is 0 Å². The van der Waals surface area contributed by atoms with Crippen LogP contribution in [0, 0.1) is 5.92 Å². The SMILES string of the molecule is C[C@H](NC(=O)OC(C)(C)C)C(=O)N1CCC(C(=O)NCC(=O)NCC(=O)O)CC1. The average Bonchev–Trinajstić information content (AvgIpc) is 2.62. The second-order valence-electron chi connectivity index (χ2n) is 7.86. The minimum atomic E-state index is -1.17. The van der Waals surface area contributed by atoms with Crippen LogP contribution in [0.2, 0.25) is 0 Å². The van der Waals surface area contributed by atoms with Gasteiger partial charge in [0.15, 0.2) is 0 Å². The molecule has 1 aliphatic rings. The first-order valence-electron chi connectivity index (χ1n) is 9.43. The molecule has 0 aliphatic carbocycles. The summed E-state index contributed by atoms with van der Waals surface area (Å²) in [5.41, 5.74) is -0.664. The Morgan fingerprint density at radius 3 is 2.17 bits per heavy atom. The summed E-state index contributed by atoms with van der Waals surface area (Å²) in [4.78, 5) is 59.8. The van der Waals surface area contributed by atoms with E-state index in [9.17, 15) is 24.0 Å². The molecule has 0 unspecified atom stereocenters. The number of carbonyl (C=O) groups is 5. The molecule has 0 aromatic heterocycles. The van der Waals surface area contributed by atoms with E-state index in [0.29, 0.717) is 25.9 Å². The summed E-state index contributed by atoms with van der Waals surface area (Å²) in [5, 5.41) is 15.6. The number of amides is 4. The number of aliphatic carboxylic acids is 1. The predicted molar refractivity (Wildman–Crippen MR) is 102 cm³/mol. The maximum atomic E-state index is 12.5. The van der Waals surface area contributed by atoms with Gasteiger partial charge in [0, 0.05) is 19.0 Å². The minimum absolute atomic E-state index is 0.261. The summed E-state index contributed by atoms with van der Waals surface area (Å²) >= 11 is 0. The number of likely N-dealkylation sites (tertiary alicyclic amines) is 1. The summed E-state index contributed by atoms with van der Waals surface area (Å²) in [7, 11) is 0. The molecular formula is C18H30N4O7. The summed E-state index contributed by atoms with van der Waals surface area (Å²) < 4.78 is 5.13. The third-order valence-electron chi connectivity index (χ3n) is 4.14. The number of ether oxygens (including phenoxy) is 1. The van der Waals surface area contributed by atoms with Gasteiger partial charge in [-0.15, -0.1) is 0 Å². The van der Waals surface area contributed by atoms with Crippen LogP contribution >= 0.6 is 0 Å². The molecule has 11 nitrogen and oxygen atoms in total. The van der Waals surface area contributed by atoms with Gasteiger partial charge in [0.2, 0.25) is 17.7 Å². The smallest absolute Gasteiger partial charge is 0.408 e. The van der Waals surface area contributed by atoms with Gasteiger partial charge in [0.25, 0.3) is 0 Å². The van der Waals surface area contributed by atoms with E-state index in [1.54, 1.807) is 32.6 Å². The lowest BCUT2D eigenvalue weighted by Crippen LogP contribution is -2.51. The highest BCUT2D eigenvalue weighted by Crippen LogP contribution is 2.18. The van der Waals surface area contributed by atoms with Crippen LogP contribution in [-0.4, -0.2) is 77.6 Å². The fourth-order valence-electron chi connectivity index (χ4n) is 2.73. The standard InChI is InChI=1S/C18H30N4O7/c1-11(21-17(28)29-18(2,3)4)16(27)22-7-5-12(6-8-22)15(26)20-9-13(23)19-10-14(24)25/h11-12H,5-10H2,1-4H3,(H,19,23)(H,20,26)(H,21,28)(H,24,25)/t11-/m0/s1. The third-order valence-corrected chi connectivity index (χ3v) is 4.14. The Kier molecular flexibility index (Phi) is 8.86. The maximum absolute atomic E-state index is 12.5. The van der Waals surface area contributed by atoms with Crippen molar-refractivity contribution in [2.24, 2.45) is 5.92 Å². The summed E-state index contributed by atoms with van der Waals surface area (Å²) in [5.74, 6) is -2.68. The van der Waals surface area contributed by atoms with E-state index < -0.39 is 36.2 Å². The second-order valence-corrected chi connectivity index (χ2v) is 7.86. The molecule has 4 N–H and O–H groups in total. The van der Waals surface area contributed by atoms with Gasteiger partial charge in [-0.05, 0) is 40.5 Å². The van der Waals surface area contributed by atoms with Gasteiger partial charge in [-0.1, -0.05) is 0 Å². The molecule has 1 heterocycles. The molecule has 0 bridgehead atoms. The molecule has 0 spiro atoms. The molecule has 1 rings (SSSR count). The van der Waals surface area contributed by atoms with Gasteiger partial charge in [0.05, 0.1) is 6.54 Å². The molecule has 1 aliphatic heterocycles. The lowest BCUT2D eigenvalue weighted by Gasteiger charge is -2.33. The van der Waals surface area contributed by atoms with Crippen molar-refractivity contribution in [1.29, 1.82) is 0 Å². The number of rotatable bonds is 7. The summed E-state index contributed by atoms with van der Waals surface area (Å²) in [6, 6.07) is -0.756. The second kappa shape index (κ2) is 10.6. The molecule has 4 amide bonds. The largest absolute Gasteiger partial charge is 0.480 e. The van der Waals surface area contributed by atoms with Crippen molar-refractivity contribution in [1.82, 2.24) is 20.9 Å². The monoisotopic (exact) mass is 414 g/mol. The van der Waals surface area contributed by atoms with E-state index in [2.05, 4.69) is 16.0 Å². The molecule has 0 saturated carbocycles. The maximum Gasteiger partial charge on any atom is 0.408 e. The minimum Gasteiger partial charge on any atom is -0.480 e. The highest BCUT2D eigenvalue weighted by atomic mass is 16.6. The van der Waals surface area contributed by atoms with Crippen molar-refractivity contribution in [2.45, 2.75) is 52.2 Å².